The molecule has 0 bridgehead atoms. The van der Waals surface area contributed by atoms with E-state index in [1.54, 1.807) is 35.2 Å². The molecule has 9 nitrogen and oxygen atoms in total. The summed E-state index contributed by atoms with van der Waals surface area (Å²) in [6.07, 6.45) is 0.306. The van der Waals surface area contributed by atoms with Crippen molar-refractivity contribution < 1.29 is 27.9 Å². The number of benzene rings is 3. The Bertz CT molecular complexity index is 1550. The Morgan fingerprint density at radius 3 is 2.30 bits per heavy atom. The molecule has 0 spiro atoms. The predicted octanol–water partition coefficient (Wildman–Crippen LogP) is 4.37. The molecule has 3 aromatic carbocycles. The Kier molecular flexibility index (Phi) is 13.3. The van der Waals surface area contributed by atoms with Crippen LogP contribution in [-0.2, 0) is 37.4 Å². The number of halogens is 1. The van der Waals surface area contributed by atoms with Gasteiger partial charge in [-0.15, -0.1) is 0 Å². The lowest BCUT2D eigenvalue weighted by Gasteiger charge is -2.23. The first kappa shape index (κ1) is 35.1. The topological polar surface area (TPSA) is 133 Å². The van der Waals surface area contributed by atoms with E-state index in [-0.39, 0.29) is 52.1 Å². The van der Waals surface area contributed by atoms with E-state index in [4.69, 9.17) is 11.6 Å². The molecule has 44 heavy (non-hydrogen) atoms. The molecule has 0 radical (unpaired) electrons. The first-order valence-electron chi connectivity index (χ1n) is 14.3. The molecule has 3 N–H and O–H groups in total. The van der Waals surface area contributed by atoms with E-state index in [0.717, 1.165) is 18.9 Å². The van der Waals surface area contributed by atoms with Gasteiger partial charge in [0.05, 0.1) is 4.90 Å². The second-order valence-corrected chi connectivity index (χ2v) is 13.2. The van der Waals surface area contributed by atoms with E-state index >= 15 is 0 Å². The van der Waals surface area contributed by atoms with Crippen molar-refractivity contribution in [2.75, 3.05) is 13.1 Å². The fraction of sp³-hybridized carbons (Fsp3) is 0.344. The van der Waals surface area contributed by atoms with Crippen LogP contribution in [0.25, 0.3) is 11.1 Å². The van der Waals surface area contributed by atoms with Crippen LogP contribution in [0.3, 0.4) is 0 Å². The summed E-state index contributed by atoms with van der Waals surface area (Å²) in [5, 5.41) is 12.5. The van der Waals surface area contributed by atoms with Crippen molar-refractivity contribution in [1.29, 1.82) is 0 Å². The fourth-order valence-corrected chi connectivity index (χ4v) is 6.35. The molecule has 236 valence electrons. The SMILES string of the molecule is CCCC(=O)N(CCC(=O)NC[C@H](S)Cc1ccccc1)Cc1ccc(-c2ccccc2S(=O)(=O)NC(=O)[C@H](C)O)c(Cl)c1. The van der Waals surface area contributed by atoms with E-state index in [2.05, 4.69) is 17.9 Å². The third kappa shape index (κ3) is 10.4. The van der Waals surface area contributed by atoms with Gasteiger partial charge in [-0.3, -0.25) is 14.4 Å². The maximum Gasteiger partial charge on any atom is 0.264 e. The van der Waals surface area contributed by atoms with Gasteiger partial charge < -0.3 is 15.3 Å². The van der Waals surface area contributed by atoms with Gasteiger partial charge in [-0.1, -0.05) is 79.2 Å². The number of aliphatic hydroxyl groups is 1. The Morgan fingerprint density at radius 1 is 0.955 bits per heavy atom. The number of hydrogen-bond donors (Lipinski definition) is 4. The fourth-order valence-electron chi connectivity index (χ4n) is 4.47. The summed E-state index contributed by atoms with van der Waals surface area (Å²) < 4.78 is 27.7. The lowest BCUT2D eigenvalue weighted by atomic mass is 10.0. The zero-order chi connectivity index (χ0) is 32.3. The highest BCUT2D eigenvalue weighted by Crippen LogP contribution is 2.33. The summed E-state index contributed by atoms with van der Waals surface area (Å²) in [7, 11) is -4.30. The van der Waals surface area contributed by atoms with E-state index in [1.165, 1.54) is 12.1 Å². The molecule has 3 rings (SSSR count). The summed E-state index contributed by atoms with van der Waals surface area (Å²) in [6, 6.07) is 21.0. The van der Waals surface area contributed by atoms with Gasteiger partial charge in [0.25, 0.3) is 15.9 Å². The lowest BCUT2D eigenvalue weighted by Crippen LogP contribution is -2.37. The summed E-state index contributed by atoms with van der Waals surface area (Å²) in [6.45, 7) is 3.89. The summed E-state index contributed by atoms with van der Waals surface area (Å²) in [4.78, 5) is 38.9. The van der Waals surface area contributed by atoms with Gasteiger partial charge in [-0.05, 0) is 43.0 Å². The zero-order valence-electron chi connectivity index (χ0n) is 24.7. The van der Waals surface area contributed by atoms with Gasteiger partial charge in [-0.25, -0.2) is 13.1 Å². The first-order chi connectivity index (χ1) is 20.9. The van der Waals surface area contributed by atoms with E-state index in [0.29, 0.717) is 30.5 Å². The van der Waals surface area contributed by atoms with E-state index in [9.17, 15) is 27.9 Å². The van der Waals surface area contributed by atoms with Crippen molar-refractivity contribution in [3.05, 3.63) is 88.9 Å². The molecule has 0 aliphatic rings. The van der Waals surface area contributed by atoms with Crippen LogP contribution in [0.15, 0.2) is 77.7 Å². The van der Waals surface area contributed by atoms with Crippen LogP contribution in [0.2, 0.25) is 5.02 Å². The lowest BCUT2D eigenvalue weighted by molar-refractivity contribution is -0.132. The Morgan fingerprint density at radius 2 is 1.64 bits per heavy atom. The molecular weight excluding hydrogens is 622 g/mol. The minimum absolute atomic E-state index is 0.0468. The van der Waals surface area contributed by atoms with Crippen molar-refractivity contribution in [2.24, 2.45) is 0 Å². The Hall–Kier alpha value is -3.38. The van der Waals surface area contributed by atoms with Crippen LogP contribution in [0, 0.1) is 0 Å². The van der Waals surface area contributed by atoms with Gasteiger partial charge in [0.15, 0.2) is 0 Å². The third-order valence-electron chi connectivity index (χ3n) is 6.76. The average molecular weight is 660 g/mol. The number of carbonyl (C=O) groups is 3. The summed E-state index contributed by atoms with van der Waals surface area (Å²) in [5.74, 6) is -1.33. The number of sulfonamides is 1. The molecule has 3 amide bonds. The maximum absolute atomic E-state index is 12.9. The molecular formula is C32H38ClN3O6S2. The van der Waals surface area contributed by atoms with E-state index in [1.807, 2.05) is 42.0 Å². The number of carbonyl (C=O) groups excluding carboxylic acids is 3. The molecule has 12 heteroatoms. The highest BCUT2D eigenvalue weighted by molar-refractivity contribution is 7.90. The van der Waals surface area contributed by atoms with Gasteiger partial charge in [-0.2, -0.15) is 12.6 Å². The van der Waals surface area contributed by atoms with Gasteiger partial charge in [0.1, 0.15) is 6.10 Å². The van der Waals surface area contributed by atoms with Gasteiger partial charge >= 0.3 is 0 Å². The van der Waals surface area contributed by atoms with Crippen molar-refractivity contribution in [2.45, 2.75) is 62.3 Å². The van der Waals surface area contributed by atoms with Gasteiger partial charge in [0, 0.05) is 53.9 Å². The van der Waals surface area contributed by atoms with Crippen LogP contribution in [0.1, 0.15) is 44.2 Å². The van der Waals surface area contributed by atoms with E-state index < -0.39 is 22.0 Å². The number of nitrogens with one attached hydrogen (secondary N) is 2. The molecule has 0 aromatic heterocycles. The summed E-state index contributed by atoms with van der Waals surface area (Å²) in [5.41, 5.74) is 2.50. The minimum atomic E-state index is -4.30. The number of rotatable bonds is 15. The average Bonchev–Trinajstić information content (AvgIpc) is 2.98. The van der Waals surface area contributed by atoms with Crippen molar-refractivity contribution >= 4 is 52.0 Å². The molecule has 2 atom stereocenters. The van der Waals surface area contributed by atoms with Crippen LogP contribution in [0.5, 0.6) is 0 Å². The number of hydrogen-bond acceptors (Lipinski definition) is 7. The van der Waals surface area contributed by atoms with Crippen molar-refractivity contribution in [1.82, 2.24) is 14.9 Å². The van der Waals surface area contributed by atoms with Crippen molar-refractivity contribution in [3.8, 4) is 11.1 Å². The second kappa shape index (κ2) is 16.6. The molecule has 0 aliphatic carbocycles. The monoisotopic (exact) mass is 659 g/mol. The number of nitrogens with zero attached hydrogens (tertiary/aromatic N) is 1. The smallest absolute Gasteiger partial charge is 0.264 e. The van der Waals surface area contributed by atoms with Crippen LogP contribution < -0.4 is 10.0 Å². The highest BCUT2D eigenvalue weighted by Gasteiger charge is 2.25. The normalized spacial score (nSPS) is 12.7. The molecule has 3 aromatic rings. The Balaban J connectivity index is 1.70. The molecule has 0 fully saturated rings. The minimum Gasteiger partial charge on any atom is -0.384 e. The molecule has 0 saturated heterocycles. The number of amides is 3. The summed E-state index contributed by atoms with van der Waals surface area (Å²) >= 11 is 11.2. The van der Waals surface area contributed by atoms with Crippen molar-refractivity contribution in [3.63, 3.8) is 0 Å². The third-order valence-corrected chi connectivity index (χ3v) is 8.85. The first-order valence-corrected chi connectivity index (χ1v) is 16.7. The predicted molar refractivity (Wildman–Crippen MR) is 175 cm³/mol. The standard InChI is InChI=1S/C32H38ClN3O6S2/c1-3-9-31(39)36(17-16-30(38)34-20-25(43)18-23-10-5-4-6-11-23)21-24-14-15-26(28(33)19-24)27-12-7-8-13-29(27)44(41,42)35-32(40)22(2)37/h4-8,10-15,19,22,25,37,43H,3,9,16-18,20-21H2,1-2H3,(H,34,38)(H,35,40)/t22-,25+/m0/s1. The number of aliphatic hydroxyl groups excluding tert-OH is 1. The van der Waals surface area contributed by atoms with Crippen LogP contribution >= 0.6 is 24.2 Å². The quantitative estimate of drug-likeness (QED) is 0.179. The molecule has 0 aliphatic heterocycles. The zero-order valence-corrected chi connectivity index (χ0v) is 27.2. The largest absolute Gasteiger partial charge is 0.384 e. The second-order valence-electron chi connectivity index (χ2n) is 10.4. The number of thiol groups is 1. The highest BCUT2D eigenvalue weighted by atomic mass is 35.5. The van der Waals surface area contributed by atoms with Crippen LogP contribution in [0.4, 0.5) is 0 Å². The van der Waals surface area contributed by atoms with Crippen LogP contribution in [-0.4, -0.2) is 60.6 Å². The van der Waals surface area contributed by atoms with Gasteiger partial charge in [0.2, 0.25) is 11.8 Å². The Labute approximate surface area is 269 Å². The molecule has 0 heterocycles. The molecule has 0 saturated carbocycles. The maximum atomic E-state index is 12.9. The molecule has 0 unspecified atom stereocenters.